The molecule has 0 spiro atoms. The van der Waals surface area contributed by atoms with Crippen LogP contribution >= 0.6 is 0 Å². The number of benzene rings is 1. The average molecular weight is 366 g/mol. The molecule has 4 nitrogen and oxygen atoms in total. The van der Waals surface area contributed by atoms with Gasteiger partial charge in [0.2, 0.25) is 0 Å². The predicted octanol–water partition coefficient (Wildman–Crippen LogP) is 5.35. The van der Waals surface area contributed by atoms with E-state index in [1.165, 1.54) is 62.6 Å². The summed E-state index contributed by atoms with van der Waals surface area (Å²) < 4.78 is 2.05. The molecule has 2 aliphatic rings. The summed E-state index contributed by atoms with van der Waals surface area (Å²) in [4.78, 5) is 10.7. The van der Waals surface area contributed by atoms with Crippen LogP contribution in [0, 0.1) is 5.92 Å². The summed E-state index contributed by atoms with van der Waals surface area (Å²) in [7, 11) is 0. The van der Waals surface area contributed by atoms with Crippen molar-refractivity contribution in [3.05, 3.63) is 41.2 Å². The molecule has 4 heteroatoms. The first-order chi connectivity index (χ1) is 13.3. The molecule has 4 rings (SSSR count). The minimum Gasteiger partial charge on any atom is -0.303 e. The van der Waals surface area contributed by atoms with Crippen molar-refractivity contribution < 1.29 is 4.79 Å². The number of hydrogen-bond donors (Lipinski definition) is 0. The highest BCUT2D eigenvalue weighted by Crippen LogP contribution is 2.44. The van der Waals surface area contributed by atoms with Gasteiger partial charge in [-0.15, -0.1) is 5.10 Å². The zero-order chi connectivity index (χ0) is 18.6. The predicted molar refractivity (Wildman–Crippen MR) is 107 cm³/mol. The Bertz CT molecular complexity index is 754. The van der Waals surface area contributed by atoms with E-state index >= 15 is 0 Å². The number of aldehydes is 1. The molecule has 2 aromatic rings. The van der Waals surface area contributed by atoms with Gasteiger partial charge in [0, 0.05) is 18.3 Å². The third-order valence-corrected chi connectivity index (χ3v) is 6.38. The van der Waals surface area contributed by atoms with Gasteiger partial charge < -0.3 is 4.79 Å². The van der Waals surface area contributed by atoms with E-state index in [2.05, 4.69) is 41.5 Å². The van der Waals surface area contributed by atoms with Crippen molar-refractivity contribution in [2.24, 2.45) is 5.92 Å². The van der Waals surface area contributed by atoms with E-state index in [1.807, 2.05) is 4.68 Å². The van der Waals surface area contributed by atoms with Gasteiger partial charge in [-0.1, -0.05) is 50.0 Å². The van der Waals surface area contributed by atoms with Crippen molar-refractivity contribution >= 4 is 6.29 Å². The van der Waals surface area contributed by atoms with E-state index in [0.717, 1.165) is 30.0 Å². The van der Waals surface area contributed by atoms with Crippen LogP contribution in [-0.2, 0) is 11.2 Å². The third-order valence-electron chi connectivity index (χ3n) is 6.38. The van der Waals surface area contributed by atoms with Gasteiger partial charge in [0.25, 0.3) is 0 Å². The molecule has 0 radical (unpaired) electrons. The molecule has 27 heavy (non-hydrogen) atoms. The van der Waals surface area contributed by atoms with Crippen LogP contribution in [0.1, 0.15) is 93.5 Å². The van der Waals surface area contributed by atoms with E-state index in [0.29, 0.717) is 12.3 Å². The van der Waals surface area contributed by atoms with Gasteiger partial charge in [-0.25, -0.2) is 4.68 Å². The second-order valence-electron chi connectivity index (χ2n) is 8.55. The Morgan fingerprint density at radius 3 is 2.56 bits per heavy atom. The maximum absolute atomic E-state index is 10.7. The summed E-state index contributed by atoms with van der Waals surface area (Å²) in [6.45, 7) is 2.16. The monoisotopic (exact) mass is 365 g/mol. The van der Waals surface area contributed by atoms with E-state index in [4.69, 9.17) is 0 Å². The lowest BCUT2D eigenvalue weighted by Crippen LogP contribution is -2.05. The molecular formula is C23H31N3O. The number of aromatic nitrogens is 3. The van der Waals surface area contributed by atoms with E-state index in [1.54, 1.807) is 0 Å². The molecule has 2 aliphatic carbocycles. The number of hydrogen-bond acceptors (Lipinski definition) is 3. The summed E-state index contributed by atoms with van der Waals surface area (Å²) in [5.41, 5.74) is 4.90. The highest BCUT2D eigenvalue weighted by atomic mass is 16.1. The Morgan fingerprint density at radius 1 is 1.15 bits per heavy atom. The van der Waals surface area contributed by atoms with Gasteiger partial charge in [0.05, 0.1) is 17.1 Å². The Kier molecular flexibility index (Phi) is 5.70. The molecule has 0 bridgehead atoms. The van der Waals surface area contributed by atoms with Gasteiger partial charge >= 0.3 is 0 Å². The van der Waals surface area contributed by atoms with Gasteiger partial charge in [-0.2, -0.15) is 0 Å². The van der Waals surface area contributed by atoms with Crippen molar-refractivity contribution in [3.8, 4) is 5.69 Å². The average Bonchev–Trinajstić information content (AvgIpc) is 3.22. The fourth-order valence-corrected chi connectivity index (χ4v) is 4.51. The van der Waals surface area contributed by atoms with Crippen molar-refractivity contribution in [1.29, 1.82) is 0 Å². The second-order valence-corrected chi connectivity index (χ2v) is 8.55. The first-order valence-corrected chi connectivity index (χ1v) is 10.7. The topological polar surface area (TPSA) is 47.8 Å². The number of carbonyl (C=O) groups excluding carboxylic acids is 1. The lowest BCUT2D eigenvalue weighted by Gasteiger charge is -2.12. The minimum atomic E-state index is 0.283. The molecule has 1 heterocycles. The van der Waals surface area contributed by atoms with Crippen LogP contribution < -0.4 is 0 Å². The van der Waals surface area contributed by atoms with Gasteiger partial charge in [0.15, 0.2) is 0 Å². The van der Waals surface area contributed by atoms with Crippen molar-refractivity contribution in [2.45, 2.75) is 83.0 Å². The molecule has 0 amide bonds. The van der Waals surface area contributed by atoms with Crippen LogP contribution in [0.15, 0.2) is 24.3 Å². The minimum absolute atomic E-state index is 0.283. The largest absolute Gasteiger partial charge is 0.303 e. The molecule has 144 valence electrons. The number of rotatable bonds is 9. The summed E-state index contributed by atoms with van der Waals surface area (Å²) in [6, 6.07) is 8.92. The Labute approximate surface area is 162 Å². The molecule has 1 aromatic heterocycles. The Hall–Kier alpha value is -1.97. The van der Waals surface area contributed by atoms with Crippen molar-refractivity contribution in [1.82, 2.24) is 15.0 Å². The number of nitrogens with zero attached hydrogens (tertiary/aromatic N) is 3. The maximum atomic E-state index is 10.7. The summed E-state index contributed by atoms with van der Waals surface area (Å²) in [5.74, 6) is 1.80. The Morgan fingerprint density at radius 2 is 1.89 bits per heavy atom. The highest BCUT2D eigenvalue weighted by Gasteiger charge is 2.33. The molecule has 1 atom stereocenters. The lowest BCUT2D eigenvalue weighted by atomic mass is 9.98. The lowest BCUT2D eigenvalue weighted by molar-refractivity contribution is -0.108. The molecule has 0 saturated heterocycles. The first-order valence-electron chi connectivity index (χ1n) is 10.7. The van der Waals surface area contributed by atoms with Crippen LogP contribution in [0.2, 0.25) is 0 Å². The van der Waals surface area contributed by atoms with Crippen LogP contribution in [0.4, 0.5) is 0 Å². The first kappa shape index (κ1) is 18.4. The molecule has 2 saturated carbocycles. The molecule has 2 fully saturated rings. The third kappa shape index (κ3) is 4.31. The molecule has 0 aliphatic heterocycles. The number of carbonyl (C=O) groups is 1. The van der Waals surface area contributed by atoms with Crippen molar-refractivity contribution in [3.63, 3.8) is 0 Å². The van der Waals surface area contributed by atoms with Gasteiger partial charge in [0.1, 0.15) is 6.29 Å². The van der Waals surface area contributed by atoms with Crippen LogP contribution in [0.3, 0.4) is 0 Å². The van der Waals surface area contributed by atoms with Crippen LogP contribution in [-0.4, -0.2) is 21.3 Å². The molecule has 0 unspecified atom stereocenters. The normalized spacial score (nSPS) is 18.7. The van der Waals surface area contributed by atoms with E-state index in [-0.39, 0.29) is 5.92 Å². The smallest absolute Gasteiger partial charge is 0.120 e. The standard InChI is InChI=1S/C23H31N3O/c1-17(5-4-16-27)22-23(20-12-13-20)26(25-24-22)21-14-10-19(11-15-21)9-8-18-6-2-3-7-18/h10-11,14-18,20H,2-9,12-13H2,1H3/t17-/m1/s1. The Balaban J connectivity index is 1.49. The summed E-state index contributed by atoms with van der Waals surface area (Å²) in [5, 5.41) is 9.01. The van der Waals surface area contributed by atoms with Crippen molar-refractivity contribution in [2.75, 3.05) is 0 Å². The second kappa shape index (κ2) is 8.37. The van der Waals surface area contributed by atoms with Gasteiger partial charge in [-0.05, 0) is 55.7 Å². The SMILES string of the molecule is C[C@H](CCC=O)c1nnn(-c2ccc(CCC3CCCC3)cc2)c1C1CC1. The maximum Gasteiger partial charge on any atom is 0.120 e. The van der Waals surface area contributed by atoms with E-state index < -0.39 is 0 Å². The van der Waals surface area contributed by atoms with Crippen LogP contribution in [0.25, 0.3) is 5.69 Å². The number of aryl methyl sites for hydroxylation is 1. The molecular weight excluding hydrogens is 334 g/mol. The zero-order valence-corrected chi connectivity index (χ0v) is 16.4. The van der Waals surface area contributed by atoms with Crippen LogP contribution in [0.5, 0.6) is 0 Å². The quantitative estimate of drug-likeness (QED) is 0.563. The molecule has 1 aromatic carbocycles. The van der Waals surface area contributed by atoms with Gasteiger partial charge in [-0.3, -0.25) is 0 Å². The van der Waals surface area contributed by atoms with E-state index in [9.17, 15) is 4.79 Å². The highest BCUT2D eigenvalue weighted by molar-refractivity contribution is 5.49. The summed E-state index contributed by atoms with van der Waals surface area (Å²) >= 11 is 0. The zero-order valence-electron chi connectivity index (χ0n) is 16.4. The fraction of sp³-hybridized carbons (Fsp3) is 0.609. The summed E-state index contributed by atoms with van der Waals surface area (Å²) in [6.07, 6.45) is 13.1. The molecule has 0 N–H and O–H groups in total. The fourth-order valence-electron chi connectivity index (χ4n) is 4.51.